The number of likely N-dealkylation sites (N-methyl/N-ethyl adjacent to an activating group) is 1. The largest absolute Gasteiger partial charge is 0.497 e. The standard InChI is InChI=1S/C14H19NO3/c1-9(14(16)17)15(2)13-7-5-10-4-6-11(18-3)8-12(10)13/h4,6,8-9,13H,5,7H2,1-3H3,(H,16,17). The zero-order chi connectivity index (χ0) is 13.3. The zero-order valence-corrected chi connectivity index (χ0v) is 11.0. The second-order valence-electron chi connectivity index (χ2n) is 4.80. The number of aryl methyl sites for hydroxylation is 1. The lowest BCUT2D eigenvalue weighted by Crippen LogP contribution is -2.37. The molecule has 0 amide bonds. The Morgan fingerprint density at radius 3 is 2.89 bits per heavy atom. The van der Waals surface area contributed by atoms with Gasteiger partial charge in [0.05, 0.1) is 7.11 Å². The Balaban J connectivity index is 2.27. The SMILES string of the molecule is COc1ccc2c(c1)C(N(C)C(C)C(=O)O)CC2. The molecule has 0 aromatic heterocycles. The predicted octanol–water partition coefficient (Wildman–Crippen LogP) is 2.09. The summed E-state index contributed by atoms with van der Waals surface area (Å²) in [4.78, 5) is 13.0. The van der Waals surface area contributed by atoms with Crippen LogP contribution in [0.3, 0.4) is 0 Å². The van der Waals surface area contributed by atoms with Crippen molar-refractivity contribution in [1.29, 1.82) is 0 Å². The summed E-state index contributed by atoms with van der Waals surface area (Å²) < 4.78 is 5.24. The molecule has 0 fully saturated rings. The highest BCUT2D eigenvalue weighted by molar-refractivity contribution is 5.73. The Bertz CT molecular complexity index is 458. The number of aliphatic carboxylic acids is 1. The van der Waals surface area contributed by atoms with Crippen LogP contribution in [0.4, 0.5) is 0 Å². The Morgan fingerprint density at radius 1 is 1.56 bits per heavy atom. The van der Waals surface area contributed by atoms with E-state index in [1.165, 1.54) is 11.1 Å². The summed E-state index contributed by atoms with van der Waals surface area (Å²) in [5.41, 5.74) is 2.50. The molecule has 18 heavy (non-hydrogen) atoms. The number of ether oxygens (including phenoxy) is 1. The molecule has 98 valence electrons. The van der Waals surface area contributed by atoms with E-state index in [9.17, 15) is 4.79 Å². The Labute approximate surface area is 107 Å². The predicted molar refractivity (Wildman–Crippen MR) is 68.9 cm³/mol. The van der Waals surface area contributed by atoms with Gasteiger partial charge in [0.15, 0.2) is 0 Å². The fourth-order valence-corrected chi connectivity index (χ4v) is 2.55. The molecule has 0 spiro atoms. The minimum atomic E-state index is -0.783. The van der Waals surface area contributed by atoms with Crippen LogP contribution in [0.25, 0.3) is 0 Å². The molecule has 0 heterocycles. The summed E-state index contributed by atoms with van der Waals surface area (Å²) in [7, 11) is 3.52. The molecule has 1 N–H and O–H groups in total. The van der Waals surface area contributed by atoms with Crippen LogP contribution in [0, 0.1) is 0 Å². The highest BCUT2D eigenvalue weighted by Crippen LogP contribution is 2.37. The van der Waals surface area contributed by atoms with E-state index in [1.807, 2.05) is 24.1 Å². The zero-order valence-electron chi connectivity index (χ0n) is 11.0. The van der Waals surface area contributed by atoms with Crippen molar-refractivity contribution in [3.63, 3.8) is 0 Å². The van der Waals surface area contributed by atoms with E-state index < -0.39 is 12.0 Å². The topological polar surface area (TPSA) is 49.8 Å². The summed E-state index contributed by atoms with van der Waals surface area (Å²) in [6.45, 7) is 1.72. The van der Waals surface area contributed by atoms with Gasteiger partial charge in [0.1, 0.15) is 11.8 Å². The van der Waals surface area contributed by atoms with E-state index in [-0.39, 0.29) is 6.04 Å². The maximum atomic E-state index is 11.1. The molecule has 0 radical (unpaired) electrons. The lowest BCUT2D eigenvalue weighted by Gasteiger charge is -2.28. The lowest BCUT2D eigenvalue weighted by molar-refractivity contribution is -0.143. The number of carboxylic acid groups (broad SMARTS) is 1. The normalized spacial score (nSPS) is 19.7. The van der Waals surface area contributed by atoms with E-state index >= 15 is 0 Å². The van der Waals surface area contributed by atoms with Gasteiger partial charge in [-0.2, -0.15) is 0 Å². The van der Waals surface area contributed by atoms with Crippen molar-refractivity contribution in [2.45, 2.75) is 31.8 Å². The first-order valence-electron chi connectivity index (χ1n) is 6.16. The smallest absolute Gasteiger partial charge is 0.320 e. The van der Waals surface area contributed by atoms with Crippen LogP contribution in [0.15, 0.2) is 18.2 Å². The third-order valence-electron chi connectivity index (χ3n) is 3.86. The molecule has 1 aromatic carbocycles. The molecule has 2 unspecified atom stereocenters. The Hall–Kier alpha value is -1.55. The molecule has 1 aromatic rings. The van der Waals surface area contributed by atoms with Gasteiger partial charge in [-0.15, -0.1) is 0 Å². The number of hydrogen-bond donors (Lipinski definition) is 1. The number of benzene rings is 1. The molecule has 0 saturated heterocycles. The van der Waals surface area contributed by atoms with E-state index in [4.69, 9.17) is 9.84 Å². The number of carboxylic acids is 1. The third kappa shape index (κ3) is 2.20. The number of nitrogens with zero attached hydrogens (tertiary/aromatic N) is 1. The quantitative estimate of drug-likeness (QED) is 0.887. The van der Waals surface area contributed by atoms with Crippen LogP contribution < -0.4 is 4.74 Å². The van der Waals surface area contributed by atoms with Crippen LogP contribution in [-0.2, 0) is 11.2 Å². The summed E-state index contributed by atoms with van der Waals surface area (Å²) in [5, 5.41) is 9.10. The van der Waals surface area contributed by atoms with Gasteiger partial charge in [-0.1, -0.05) is 6.07 Å². The number of carbonyl (C=O) groups is 1. The van der Waals surface area contributed by atoms with Gasteiger partial charge in [-0.05, 0) is 50.1 Å². The maximum Gasteiger partial charge on any atom is 0.320 e. The van der Waals surface area contributed by atoms with Crippen molar-refractivity contribution in [2.24, 2.45) is 0 Å². The highest BCUT2D eigenvalue weighted by atomic mass is 16.5. The molecule has 0 bridgehead atoms. The molecule has 4 heteroatoms. The van der Waals surface area contributed by atoms with E-state index in [0.717, 1.165) is 18.6 Å². The Kier molecular flexibility index (Phi) is 3.57. The van der Waals surface area contributed by atoms with E-state index in [0.29, 0.717) is 0 Å². The van der Waals surface area contributed by atoms with E-state index in [2.05, 4.69) is 6.07 Å². The van der Waals surface area contributed by atoms with Gasteiger partial charge < -0.3 is 9.84 Å². The summed E-state index contributed by atoms with van der Waals surface area (Å²) in [5.74, 6) is 0.0471. The molecule has 2 rings (SSSR count). The Morgan fingerprint density at radius 2 is 2.28 bits per heavy atom. The van der Waals surface area contributed by atoms with Crippen molar-refractivity contribution in [2.75, 3.05) is 14.2 Å². The fourth-order valence-electron chi connectivity index (χ4n) is 2.55. The van der Waals surface area contributed by atoms with Gasteiger partial charge in [-0.3, -0.25) is 9.69 Å². The second-order valence-corrected chi connectivity index (χ2v) is 4.80. The first-order valence-corrected chi connectivity index (χ1v) is 6.16. The molecule has 2 atom stereocenters. The summed E-state index contributed by atoms with van der Waals surface area (Å²) >= 11 is 0. The summed E-state index contributed by atoms with van der Waals surface area (Å²) in [6.07, 6.45) is 1.97. The van der Waals surface area contributed by atoms with Crippen molar-refractivity contribution in [3.8, 4) is 5.75 Å². The van der Waals surface area contributed by atoms with Crippen molar-refractivity contribution >= 4 is 5.97 Å². The summed E-state index contributed by atoms with van der Waals surface area (Å²) in [6, 6.07) is 5.75. The van der Waals surface area contributed by atoms with Crippen LogP contribution in [0.2, 0.25) is 0 Å². The molecule has 1 aliphatic carbocycles. The van der Waals surface area contributed by atoms with Gasteiger partial charge in [0, 0.05) is 6.04 Å². The van der Waals surface area contributed by atoms with Gasteiger partial charge in [0.25, 0.3) is 0 Å². The minimum absolute atomic E-state index is 0.168. The van der Waals surface area contributed by atoms with Crippen molar-refractivity contribution in [1.82, 2.24) is 4.90 Å². The van der Waals surface area contributed by atoms with Crippen LogP contribution in [0.1, 0.15) is 30.5 Å². The number of fused-ring (bicyclic) bond motifs is 1. The fraction of sp³-hybridized carbons (Fsp3) is 0.500. The maximum absolute atomic E-state index is 11.1. The van der Waals surface area contributed by atoms with Crippen LogP contribution in [0.5, 0.6) is 5.75 Å². The highest BCUT2D eigenvalue weighted by Gasteiger charge is 2.31. The molecular weight excluding hydrogens is 230 g/mol. The van der Waals surface area contributed by atoms with Gasteiger partial charge in [-0.25, -0.2) is 0 Å². The number of rotatable bonds is 4. The number of hydrogen-bond acceptors (Lipinski definition) is 3. The van der Waals surface area contributed by atoms with Crippen LogP contribution >= 0.6 is 0 Å². The van der Waals surface area contributed by atoms with Crippen molar-refractivity contribution < 1.29 is 14.6 Å². The van der Waals surface area contributed by atoms with E-state index in [1.54, 1.807) is 14.0 Å². The third-order valence-corrected chi connectivity index (χ3v) is 3.86. The molecular formula is C14H19NO3. The molecule has 0 aliphatic heterocycles. The number of methoxy groups -OCH3 is 1. The monoisotopic (exact) mass is 249 g/mol. The second kappa shape index (κ2) is 4.98. The van der Waals surface area contributed by atoms with Gasteiger partial charge >= 0.3 is 5.97 Å². The first-order chi connectivity index (χ1) is 8.54. The molecule has 4 nitrogen and oxygen atoms in total. The average molecular weight is 249 g/mol. The first kappa shape index (κ1) is 12.9. The molecule has 0 saturated carbocycles. The van der Waals surface area contributed by atoms with Gasteiger partial charge in [0.2, 0.25) is 0 Å². The minimum Gasteiger partial charge on any atom is -0.497 e. The van der Waals surface area contributed by atoms with Crippen LogP contribution in [-0.4, -0.2) is 36.2 Å². The lowest BCUT2D eigenvalue weighted by atomic mass is 10.1. The molecule has 1 aliphatic rings. The average Bonchev–Trinajstić information content (AvgIpc) is 2.79. The van der Waals surface area contributed by atoms with Crippen molar-refractivity contribution in [3.05, 3.63) is 29.3 Å².